The maximum atomic E-state index is 14.0. The standard InChI is InChI=1S/C18H20FNO3S/c1-11-7-15(19)17(8-12(11)2)23-10-14-13(9-21)5-4-6-16(14)20-18(22)24-3/h4-8,21H,9-10H2,1-3H3,(H,20,22). The van der Waals surface area contributed by atoms with E-state index in [0.29, 0.717) is 16.8 Å². The Morgan fingerprint density at radius 2 is 2.00 bits per heavy atom. The second kappa shape index (κ2) is 8.17. The molecule has 0 saturated heterocycles. The summed E-state index contributed by atoms with van der Waals surface area (Å²) in [5, 5.41) is 12.0. The summed E-state index contributed by atoms with van der Waals surface area (Å²) < 4.78 is 19.6. The summed E-state index contributed by atoms with van der Waals surface area (Å²) in [5.74, 6) is -0.290. The van der Waals surface area contributed by atoms with E-state index >= 15 is 0 Å². The maximum Gasteiger partial charge on any atom is 0.283 e. The van der Waals surface area contributed by atoms with Gasteiger partial charge in [0.25, 0.3) is 5.24 Å². The van der Waals surface area contributed by atoms with E-state index in [1.54, 1.807) is 30.5 Å². The van der Waals surface area contributed by atoms with Crippen molar-refractivity contribution in [1.29, 1.82) is 0 Å². The van der Waals surface area contributed by atoms with Crippen molar-refractivity contribution < 1.29 is 19.0 Å². The van der Waals surface area contributed by atoms with E-state index in [4.69, 9.17) is 4.74 Å². The number of benzene rings is 2. The van der Waals surface area contributed by atoms with Crippen molar-refractivity contribution in [2.45, 2.75) is 27.1 Å². The van der Waals surface area contributed by atoms with Crippen molar-refractivity contribution in [1.82, 2.24) is 0 Å². The quantitative estimate of drug-likeness (QED) is 0.839. The molecule has 0 atom stereocenters. The Morgan fingerprint density at radius 3 is 2.67 bits per heavy atom. The van der Waals surface area contributed by atoms with Crippen molar-refractivity contribution in [3.05, 3.63) is 58.4 Å². The van der Waals surface area contributed by atoms with Crippen LogP contribution >= 0.6 is 11.8 Å². The minimum atomic E-state index is -0.436. The summed E-state index contributed by atoms with van der Waals surface area (Å²) in [7, 11) is 0. The number of nitrogens with one attached hydrogen (secondary N) is 1. The molecule has 1 amide bonds. The maximum absolute atomic E-state index is 14.0. The van der Waals surface area contributed by atoms with Crippen LogP contribution in [0.1, 0.15) is 22.3 Å². The van der Waals surface area contributed by atoms with Crippen LogP contribution in [0.5, 0.6) is 5.75 Å². The molecular weight excluding hydrogens is 329 g/mol. The number of ether oxygens (including phenoxy) is 1. The summed E-state index contributed by atoms with van der Waals surface area (Å²) >= 11 is 1.05. The van der Waals surface area contributed by atoms with Gasteiger partial charge in [0, 0.05) is 11.3 Å². The highest BCUT2D eigenvalue weighted by Gasteiger charge is 2.13. The van der Waals surface area contributed by atoms with Crippen LogP contribution in [0.3, 0.4) is 0 Å². The first-order valence-corrected chi connectivity index (χ1v) is 8.65. The highest BCUT2D eigenvalue weighted by molar-refractivity contribution is 8.13. The number of aliphatic hydroxyl groups is 1. The van der Waals surface area contributed by atoms with Crippen LogP contribution in [-0.4, -0.2) is 16.6 Å². The van der Waals surface area contributed by atoms with Crippen molar-refractivity contribution in [3.63, 3.8) is 0 Å². The number of hydrogen-bond donors (Lipinski definition) is 2. The van der Waals surface area contributed by atoms with Crippen LogP contribution in [0.4, 0.5) is 14.9 Å². The molecule has 0 unspecified atom stereocenters. The summed E-state index contributed by atoms with van der Waals surface area (Å²) in [6.07, 6.45) is 1.67. The molecule has 6 heteroatoms. The fourth-order valence-electron chi connectivity index (χ4n) is 2.25. The van der Waals surface area contributed by atoms with Crippen LogP contribution in [0.2, 0.25) is 0 Å². The molecule has 2 rings (SSSR count). The van der Waals surface area contributed by atoms with Crippen molar-refractivity contribution in [2.75, 3.05) is 11.6 Å². The van der Waals surface area contributed by atoms with E-state index in [1.807, 2.05) is 13.8 Å². The average Bonchev–Trinajstić information content (AvgIpc) is 2.57. The Morgan fingerprint density at radius 1 is 1.29 bits per heavy atom. The molecule has 0 aliphatic carbocycles. The van der Waals surface area contributed by atoms with Crippen molar-refractivity contribution in [3.8, 4) is 5.75 Å². The van der Waals surface area contributed by atoms with Crippen LogP contribution in [0.25, 0.3) is 0 Å². The first-order valence-electron chi connectivity index (χ1n) is 7.42. The van der Waals surface area contributed by atoms with E-state index in [9.17, 15) is 14.3 Å². The number of thioether (sulfide) groups is 1. The predicted molar refractivity (Wildman–Crippen MR) is 95.1 cm³/mol. The zero-order chi connectivity index (χ0) is 17.7. The molecule has 128 valence electrons. The Hall–Kier alpha value is -2.05. The molecule has 0 aliphatic heterocycles. The van der Waals surface area contributed by atoms with Crippen LogP contribution in [0, 0.1) is 19.7 Å². The van der Waals surface area contributed by atoms with Crippen LogP contribution < -0.4 is 10.1 Å². The fraction of sp³-hybridized carbons (Fsp3) is 0.278. The number of carbonyl (C=O) groups is 1. The van der Waals surface area contributed by atoms with Gasteiger partial charge < -0.3 is 15.2 Å². The van der Waals surface area contributed by atoms with Gasteiger partial charge in [-0.15, -0.1) is 0 Å². The zero-order valence-electron chi connectivity index (χ0n) is 13.9. The predicted octanol–water partition coefficient (Wildman–Crippen LogP) is 4.41. The van der Waals surface area contributed by atoms with Gasteiger partial charge in [-0.2, -0.15) is 0 Å². The molecule has 2 N–H and O–H groups in total. The van der Waals surface area contributed by atoms with Crippen LogP contribution in [0.15, 0.2) is 30.3 Å². The third-order valence-corrected chi connectivity index (χ3v) is 4.26. The molecule has 2 aromatic rings. The van der Waals surface area contributed by atoms with E-state index < -0.39 is 5.82 Å². The smallest absolute Gasteiger partial charge is 0.283 e. The number of aliphatic hydroxyl groups excluding tert-OH is 1. The van der Waals surface area contributed by atoms with E-state index in [2.05, 4.69) is 5.32 Å². The Balaban J connectivity index is 2.28. The third-order valence-electron chi connectivity index (χ3n) is 3.79. The Kier molecular flexibility index (Phi) is 6.23. The number of rotatable bonds is 5. The lowest BCUT2D eigenvalue weighted by Crippen LogP contribution is -2.10. The van der Waals surface area contributed by atoms with Gasteiger partial charge in [0.2, 0.25) is 0 Å². The molecule has 0 bridgehead atoms. The summed E-state index contributed by atoms with van der Waals surface area (Å²) in [4.78, 5) is 11.6. The van der Waals surface area contributed by atoms with Gasteiger partial charge in [-0.1, -0.05) is 23.9 Å². The van der Waals surface area contributed by atoms with Gasteiger partial charge in [-0.05, 0) is 55.0 Å². The number of halogens is 1. The number of aryl methyl sites for hydroxylation is 2. The fourth-order valence-corrected chi connectivity index (χ4v) is 2.46. The van der Waals surface area contributed by atoms with Gasteiger partial charge in [0.05, 0.1) is 6.61 Å². The molecule has 0 spiro atoms. The summed E-state index contributed by atoms with van der Waals surface area (Å²) in [6, 6.07) is 8.28. The number of carbonyl (C=O) groups excluding carboxylic acids is 1. The second-order valence-corrected chi connectivity index (χ2v) is 6.15. The zero-order valence-corrected chi connectivity index (χ0v) is 14.7. The van der Waals surface area contributed by atoms with Gasteiger partial charge in [0.1, 0.15) is 6.61 Å². The lowest BCUT2D eigenvalue weighted by molar-refractivity contribution is 0.264. The summed E-state index contributed by atoms with van der Waals surface area (Å²) in [5.41, 5.74) is 3.57. The van der Waals surface area contributed by atoms with Gasteiger partial charge in [-0.25, -0.2) is 4.39 Å². The lowest BCUT2D eigenvalue weighted by Gasteiger charge is -2.16. The molecule has 0 saturated carbocycles. The van der Waals surface area contributed by atoms with E-state index in [1.165, 1.54) is 6.07 Å². The molecular formula is C18H20FNO3S. The van der Waals surface area contributed by atoms with E-state index in [0.717, 1.165) is 22.9 Å². The molecule has 0 aliphatic rings. The SMILES string of the molecule is CSC(=O)Nc1cccc(CO)c1COc1cc(C)c(C)cc1F. The number of hydrogen-bond acceptors (Lipinski definition) is 4. The minimum Gasteiger partial charge on any atom is -0.486 e. The van der Waals surface area contributed by atoms with Gasteiger partial charge in [0.15, 0.2) is 11.6 Å². The van der Waals surface area contributed by atoms with Crippen molar-refractivity contribution >= 4 is 22.7 Å². The monoisotopic (exact) mass is 349 g/mol. The number of anilines is 1. The van der Waals surface area contributed by atoms with Gasteiger partial charge >= 0.3 is 0 Å². The second-order valence-electron chi connectivity index (χ2n) is 5.37. The third kappa shape index (κ3) is 4.27. The van der Waals surface area contributed by atoms with Crippen molar-refractivity contribution in [2.24, 2.45) is 0 Å². The first kappa shape index (κ1) is 18.3. The minimum absolute atomic E-state index is 0.0418. The van der Waals surface area contributed by atoms with E-state index in [-0.39, 0.29) is 24.2 Å². The highest BCUT2D eigenvalue weighted by atomic mass is 32.2. The molecule has 2 aromatic carbocycles. The van der Waals surface area contributed by atoms with Gasteiger partial charge in [-0.3, -0.25) is 4.79 Å². The highest BCUT2D eigenvalue weighted by Crippen LogP contribution is 2.26. The average molecular weight is 349 g/mol. The molecule has 0 heterocycles. The Bertz CT molecular complexity index is 749. The molecule has 0 fully saturated rings. The lowest BCUT2D eigenvalue weighted by atomic mass is 10.1. The molecule has 0 aromatic heterocycles. The largest absolute Gasteiger partial charge is 0.486 e. The Labute approximate surface area is 145 Å². The van der Waals surface area contributed by atoms with Crippen LogP contribution in [-0.2, 0) is 13.2 Å². The molecule has 24 heavy (non-hydrogen) atoms. The first-order chi connectivity index (χ1) is 11.5. The number of amides is 1. The molecule has 4 nitrogen and oxygen atoms in total. The topological polar surface area (TPSA) is 58.6 Å². The molecule has 0 radical (unpaired) electrons. The normalized spacial score (nSPS) is 10.5. The summed E-state index contributed by atoms with van der Waals surface area (Å²) in [6.45, 7) is 3.56.